The van der Waals surface area contributed by atoms with Crippen molar-refractivity contribution in [2.45, 2.75) is 11.4 Å². The summed E-state index contributed by atoms with van der Waals surface area (Å²) in [6.45, 7) is 0.386. The third-order valence-electron chi connectivity index (χ3n) is 2.38. The van der Waals surface area contributed by atoms with Crippen LogP contribution in [0.3, 0.4) is 0 Å². The summed E-state index contributed by atoms with van der Waals surface area (Å²) in [6.07, 6.45) is 2.52. The van der Waals surface area contributed by atoms with Gasteiger partial charge in [0.15, 0.2) is 9.84 Å². The highest BCUT2D eigenvalue weighted by Crippen LogP contribution is 2.26. The number of aromatic nitrogens is 3. The molecule has 0 atom stereocenters. The number of aromatic amines is 1. The Bertz CT molecular complexity index is 636. The first-order chi connectivity index (χ1) is 8.48. The van der Waals surface area contributed by atoms with Gasteiger partial charge in [0.1, 0.15) is 12.2 Å². The van der Waals surface area contributed by atoms with E-state index in [1.165, 1.54) is 12.4 Å². The highest BCUT2D eigenvalue weighted by molar-refractivity contribution is 7.90. The molecule has 4 N–H and O–H groups in total. The maximum Gasteiger partial charge on any atom is 0.177 e. The van der Waals surface area contributed by atoms with Crippen LogP contribution in [0.25, 0.3) is 0 Å². The summed E-state index contributed by atoms with van der Waals surface area (Å²) in [5.41, 5.74) is 6.58. The highest BCUT2D eigenvalue weighted by atomic mass is 32.2. The van der Waals surface area contributed by atoms with Crippen molar-refractivity contribution in [3.05, 3.63) is 30.4 Å². The maximum atomic E-state index is 11.5. The minimum absolute atomic E-state index is 0.116. The van der Waals surface area contributed by atoms with Gasteiger partial charge in [-0.25, -0.2) is 13.4 Å². The summed E-state index contributed by atoms with van der Waals surface area (Å²) in [4.78, 5) is 4.06. The molecule has 0 fully saturated rings. The first-order valence-electron chi connectivity index (χ1n) is 5.15. The summed E-state index contributed by atoms with van der Waals surface area (Å²) in [7, 11) is -3.33. The van der Waals surface area contributed by atoms with Crippen molar-refractivity contribution < 1.29 is 8.42 Å². The number of nitrogens with two attached hydrogens (primary N) is 1. The molecule has 18 heavy (non-hydrogen) atoms. The fraction of sp³-hybridized carbons (Fsp3) is 0.200. The number of H-pyrrole nitrogens is 1. The van der Waals surface area contributed by atoms with Crippen LogP contribution in [0.15, 0.2) is 29.4 Å². The molecule has 0 unspecified atom stereocenters. The van der Waals surface area contributed by atoms with E-state index in [2.05, 4.69) is 20.5 Å². The molecule has 1 aromatic heterocycles. The van der Waals surface area contributed by atoms with Crippen molar-refractivity contribution in [3.63, 3.8) is 0 Å². The van der Waals surface area contributed by atoms with Crippen LogP contribution in [0.2, 0.25) is 0 Å². The molecular formula is C10H13N5O2S. The van der Waals surface area contributed by atoms with Crippen LogP contribution in [0, 0.1) is 0 Å². The summed E-state index contributed by atoms with van der Waals surface area (Å²) in [5, 5.41) is 9.40. The van der Waals surface area contributed by atoms with Crippen LogP contribution < -0.4 is 11.1 Å². The summed E-state index contributed by atoms with van der Waals surface area (Å²) >= 11 is 0. The lowest BCUT2D eigenvalue weighted by Gasteiger charge is -2.10. The topological polar surface area (TPSA) is 114 Å². The van der Waals surface area contributed by atoms with Crippen LogP contribution in [0.5, 0.6) is 0 Å². The van der Waals surface area contributed by atoms with Crippen molar-refractivity contribution in [2.24, 2.45) is 0 Å². The molecule has 1 heterocycles. The van der Waals surface area contributed by atoms with E-state index >= 15 is 0 Å². The zero-order chi connectivity index (χ0) is 13.2. The van der Waals surface area contributed by atoms with Gasteiger partial charge in [-0.15, -0.1) is 0 Å². The first kappa shape index (κ1) is 12.4. The van der Waals surface area contributed by atoms with E-state index in [4.69, 9.17) is 5.73 Å². The molecule has 0 aliphatic rings. The van der Waals surface area contributed by atoms with Gasteiger partial charge in [-0.05, 0) is 12.1 Å². The molecule has 0 saturated heterocycles. The Morgan fingerprint density at radius 2 is 2.22 bits per heavy atom. The average molecular weight is 267 g/mol. The number of rotatable bonds is 4. The SMILES string of the molecule is CS(=O)(=O)c1cccc(NCc2ncn[nH]2)c1N. The zero-order valence-corrected chi connectivity index (χ0v) is 10.5. The van der Waals surface area contributed by atoms with Gasteiger partial charge in [-0.2, -0.15) is 5.10 Å². The minimum atomic E-state index is -3.33. The third-order valence-corrected chi connectivity index (χ3v) is 3.53. The quantitative estimate of drug-likeness (QED) is 0.691. The number of nitrogens with one attached hydrogen (secondary N) is 2. The van der Waals surface area contributed by atoms with Crippen molar-refractivity contribution >= 4 is 21.2 Å². The second kappa shape index (κ2) is 4.65. The number of nitrogens with zero attached hydrogens (tertiary/aromatic N) is 2. The van der Waals surface area contributed by atoms with Crippen molar-refractivity contribution in [1.29, 1.82) is 0 Å². The maximum absolute atomic E-state index is 11.5. The number of para-hydroxylation sites is 1. The molecule has 7 nitrogen and oxygen atoms in total. The number of hydrogen-bond donors (Lipinski definition) is 3. The lowest BCUT2D eigenvalue weighted by atomic mass is 10.2. The van der Waals surface area contributed by atoms with Gasteiger partial charge in [0.25, 0.3) is 0 Å². The second-order valence-corrected chi connectivity index (χ2v) is 5.76. The van der Waals surface area contributed by atoms with E-state index in [9.17, 15) is 8.42 Å². The van der Waals surface area contributed by atoms with E-state index in [0.29, 0.717) is 18.1 Å². The van der Waals surface area contributed by atoms with E-state index in [-0.39, 0.29) is 10.6 Å². The van der Waals surface area contributed by atoms with Crippen LogP contribution >= 0.6 is 0 Å². The Balaban J connectivity index is 2.24. The first-order valence-corrected chi connectivity index (χ1v) is 7.04. The van der Waals surface area contributed by atoms with Gasteiger partial charge in [0.05, 0.1) is 22.8 Å². The lowest BCUT2D eigenvalue weighted by molar-refractivity contribution is 0.602. The molecule has 2 rings (SSSR count). The fourth-order valence-corrected chi connectivity index (χ4v) is 2.35. The van der Waals surface area contributed by atoms with E-state index < -0.39 is 9.84 Å². The molecular weight excluding hydrogens is 254 g/mol. The molecule has 0 bridgehead atoms. The predicted molar refractivity (Wildman–Crippen MR) is 67.7 cm³/mol. The van der Waals surface area contributed by atoms with Gasteiger partial charge >= 0.3 is 0 Å². The largest absolute Gasteiger partial charge is 0.396 e. The fourth-order valence-electron chi connectivity index (χ4n) is 1.52. The van der Waals surface area contributed by atoms with E-state index in [1.54, 1.807) is 12.1 Å². The molecule has 0 amide bonds. The molecule has 2 aromatic rings. The molecule has 0 aliphatic carbocycles. The van der Waals surface area contributed by atoms with Crippen LogP contribution in [-0.4, -0.2) is 29.9 Å². The Hall–Kier alpha value is -2.09. The number of benzene rings is 1. The Morgan fingerprint density at radius 1 is 1.44 bits per heavy atom. The van der Waals surface area contributed by atoms with Crippen molar-refractivity contribution in [3.8, 4) is 0 Å². The minimum Gasteiger partial charge on any atom is -0.396 e. The van der Waals surface area contributed by atoms with Crippen LogP contribution in [-0.2, 0) is 16.4 Å². The van der Waals surface area contributed by atoms with Crippen LogP contribution in [0.1, 0.15) is 5.82 Å². The van der Waals surface area contributed by atoms with Crippen LogP contribution in [0.4, 0.5) is 11.4 Å². The van der Waals surface area contributed by atoms with E-state index in [1.807, 2.05) is 0 Å². The Labute approximate surface area is 104 Å². The standard InChI is InChI=1S/C10H13N5O2S/c1-18(16,17)8-4-2-3-7(10(8)11)12-5-9-13-6-14-15-9/h2-4,6,12H,5,11H2,1H3,(H,13,14,15). The highest BCUT2D eigenvalue weighted by Gasteiger charge is 2.13. The van der Waals surface area contributed by atoms with Crippen molar-refractivity contribution in [1.82, 2.24) is 15.2 Å². The number of hydrogen-bond acceptors (Lipinski definition) is 6. The predicted octanol–water partition coefficient (Wildman–Crippen LogP) is 0.403. The van der Waals surface area contributed by atoms with Gasteiger partial charge in [0, 0.05) is 6.26 Å². The third kappa shape index (κ3) is 2.59. The molecule has 0 spiro atoms. The molecule has 0 saturated carbocycles. The smallest absolute Gasteiger partial charge is 0.177 e. The van der Waals surface area contributed by atoms with Gasteiger partial charge < -0.3 is 11.1 Å². The summed E-state index contributed by atoms with van der Waals surface area (Å²) in [6, 6.07) is 4.82. The molecule has 8 heteroatoms. The van der Waals surface area contributed by atoms with Gasteiger partial charge in [0.2, 0.25) is 0 Å². The van der Waals surface area contributed by atoms with Crippen molar-refractivity contribution in [2.75, 3.05) is 17.3 Å². The van der Waals surface area contributed by atoms with Gasteiger partial charge in [-0.3, -0.25) is 5.10 Å². The monoisotopic (exact) mass is 267 g/mol. The number of anilines is 2. The zero-order valence-electron chi connectivity index (χ0n) is 9.71. The second-order valence-electron chi connectivity index (χ2n) is 3.78. The molecule has 1 aromatic carbocycles. The Morgan fingerprint density at radius 3 is 2.83 bits per heavy atom. The molecule has 0 aliphatic heterocycles. The lowest BCUT2D eigenvalue weighted by Crippen LogP contribution is -2.08. The Kier molecular flexibility index (Phi) is 3.19. The van der Waals surface area contributed by atoms with E-state index in [0.717, 1.165) is 6.26 Å². The number of sulfone groups is 1. The average Bonchev–Trinajstić information content (AvgIpc) is 2.79. The normalized spacial score (nSPS) is 11.4. The molecule has 0 radical (unpaired) electrons. The number of nitrogen functional groups attached to an aromatic ring is 1. The summed E-state index contributed by atoms with van der Waals surface area (Å²) < 4.78 is 23.0. The molecule has 96 valence electrons. The van der Waals surface area contributed by atoms with Gasteiger partial charge in [-0.1, -0.05) is 6.07 Å². The summed E-state index contributed by atoms with van der Waals surface area (Å²) in [5.74, 6) is 0.638.